The van der Waals surface area contributed by atoms with Crippen LogP contribution < -0.4 is 5.32 Å². The lowest BCUT2D eigenvalue weighted by Crippen LogP contribution is -2.39. The molecule has 0 radical (unpaired) electrons. The number of nitrogens with one attached hydrogen (secondary N) is 1. The van der Waals surface area contributed by atoms with Crippen LogP contribution in [0.2, 0.25) is 5.02 Å². The second-order valence-electron chi connectivity index (χ2n) is 5.28. The standard InChI is InChI=1S/C15H22ClN3O2/c1-3-17-14-13(16)8-12(9-18-14)15(20)19-6-4-11(5-7-19)10-21-2/h8-9,11H,3-7,10H2,1-2H3,(H,17,18). The largest absolute Gasteiger partial charge is 0.384 e. The van der Waals surface area contributed by atoms with E-state index in [4.69, 9.17) is 16.3 Å². The highest BCUT2D eigenvalue weighted by Crippen LogP contribution is 2.23. The summed E-state index contributed by atoms with van der Waals surface area (Å²) in [5.74, 6) is 1.18. The molecule has 21 heavy (non-hydrogen) atoms. The topological polar surface area (TPSA) is 54.5 Å². The number of hydrogen-bond acceptors (Lipinski definition) is 4. The summed E-state index contributed by atoms with van der Waals surface area (Å²) in [6.07, 6.45) is 3.56. The van der Waals surface area contributed by atoms with Crippen LogP contribution in [-0.4, -0.2) is 49.1 Å². The zero-order chi connectivity index (χ0) is 15.2. The predicted octanol–water partition coefficient (Wildman–Crippen LogP) is 2.67. The lowest BCUT2D eigenvalue weighted by Gasteiger charge is -2.31. The predicted molar refractivity (Wildman–Crippen MR) is 83.9 cm³/mol. The first kappa shape index (κ1) is 16.0. The average molecular weight is 312 g/mol. The summed E-state index contributed by atoms with van der Waals surface area (Å²) in [6, 6.07) is 1.69. The molecule has 1 aromatic rings. The van der Waals surface area contributed by atoms with E-state index < -0.39 is 0 Å². The molecular weight excluding hydrogens is 290 g/mol. The summed E-state index contributed by atoms with van der Waals surface area (Å²) in [5, 5.41) is 3.54. The fraction of sp³-hybridized carbons (Fsp3) is 0.600. The van der Waals surface area contributed by atoms with Gasteiger partial charge in [0.15, 0.2) is 0 Å². The minimum Gasteiger partial charge on any atom is -0.384 e. The third kappa shape index (κ3) is 4.08. The number of ether oxygens (including phenoxy) is 1. The second-order valence-corrected chi connectivity index (χ2v) is 5.68. The van der Waals surface area contributed by atoms with Gasteiger partial charge < -0.3 is 15.0 Å². The molecule has 1 saturated heterocycles. The number of piperidine rings is 1. The third-order valence-electron chi connectivity index (χ3n) is 3.74. The van der Waals surface area contributed by atoms with Crippen LogP contribution in [0.5, 0.6) is 0 Å². The molecule has 0 aliphatic carbocycles. The van der Waals surface area contributed by atoms with Crippen LogP contribution in [0.1, 0.15) is 30.1 Å². The van der Waals surface area contributed by atoms with Gasteiger partial charge in [0.25, 0.3) is 5.91 Å². The van der Waals surface area contributed by atoms with Crippen LogP contribution >= 0.6 is 11.6 Å². The monoisotopic (exact) mass is 311 g/mol. The van der Waals surface area contributed by atoms with Crippen molar-refractivity contribution in [3.05, 3.63) is 22.8 Å². The lowest BCUT2D eigenvalue weighted by atomic mass is 9.97. The minimum absolute atomic E-state index is 0.00307. The molecule has 2 heterocycles. The van der Waals surface area contributed by atoms with Crippen molar-refractivity contribution in [1.29, 1.82) is 0 Å². The fourth-order valence-corrected chi connectivity index (χ4v) is 2.81. The molecule has 0 bridgehead atoms. The van der Waals surface area contributed by atoms with Crippen molar-refractivity contribution in [2.75, 3.05) is 38.7 Å². The summed E-state index contributed by atoms with van der Waals surface area (Å²) in [5.41, 5.74) is 0.548. The van der Waals surface area contributed by atoms with Gasteiger partial charge in [-0.05, 0) is 31.7 Å². The lowest BCUT2D eigenvalue weighted by molar-refractivity contribution is 0.0613. The zero-order valence-corrected chi connectivity index (χ0v) is 13.3. The van der Waals surface area contributed by atoms with Crippen LogP contribution in [0.3, 0.4) is 0 Å². The van der Waals surface area contributed by atoms with Gasteiger partial charge in [-0.15, -0.1) is 0 Å². The van der Waals surface area contributed by atoms with Gasteiger partial charge in [-0.1, -0.05) is 11.6 Å². The number of nitrogens with zero attached hydrogens (tertiary/aromatic N) is 2. The smallest absolute Gasteiger partial charge is 0.255 e. The van der Waals surface area contributed by atoms with Gasteiger partial charge in [0.1, 0.15) is 5.82 Å². The number of rotatable bonds is 5. The van der Waals surface area contributed by atoms with Crippen molar-refractivity contribution in [3.8, 4) is 0 Å². The summed E-state index contributed by atoms with van der Waals surface area (Å²) in [4.78, 5) is 18.5. The second kappa shape index (κ2) is 7.61. The fourth-order valence-electron chi connectivity index (χ4n) is 2.57. The maximum atomic E-state index is 12.5. The Balaban J connectivity index is 1.99. The number of likely N-dealkylation sites (tertiary alicyclic amines) is 1. The maximum absolute atomic E-state index is 12.5. The molecule has 1 aliphatic rings. The van der Waals surface area contributed by atoms with E-state index in [2.05, 4.69) is 10.3 Å². The van der Waals surface area contributed by atoms with Crippen molar-refractivity contribution >= 4 is 23.3 Å². The molecule has 0 saturated carbocycles. The molecular formula is C15H22ClN3O2. The van der Waals surface area contributed by atoms with Crippen LogP contribution in [0.15, 0.2) is 12.3 Å². The van der Waals surface area contributed by atoms with Gasteiger partial charge in [0.05, 0.1) is 10.6 Å². The molecule has 1 aliphatic heterocycles. The SMILES string of the molecule is CCNc1ncc(C(=O)N2CCC(COC)CC2)cc1Cl. The van der Waals surface area contributed by atoms with Crippen LogP contribution in [-0.2, 0) is 4.74 Å². The number of carbonyl (C=O) groups is 1. The first-order valence-corrected chi connectivity index (χ1v) is 7.71. The van der Waals surface area contributed by atoms with Crippen molar-refractivity contribution in [2.45, 2.75) is 19.8 Å². The zero-order valence-electron chi connectivity index (χ0n) is 12.6. The first-order valence-electron chi connectivity index (χ1n) is 7.33. The van der Waals surface area contributed by atoms with Crippen molar-refractivity contribution in [1.82, 2.24) is 9.88 Å². The van der Waals surface area contributed by atoms with E-state index in [0.29, 0.717) is 22.3 Å². The average Bonchev–Trinajstić information content (AvgIpc) is 2.50. The van der Waals surface area contributed by atoms with Crippen molar-refractivity contribution < 1.29 is 9.53 Å². The maximum Gasteiger partial charge on any atom is 0.255 e. The Morgan fingerprint density at radius 2 is 2.24 bits per heavy atom. The summed E-state index contributed by atoms with van der Waals surface area (Å²) < 4.78 is 5.18. The highest BCUT2D eigenvalue weighted by Gasteiger charge is 2.24. The summed E-state index contributed by atoms with van der Waals surface area (Å²) in [7, 11) is 1.72. The Labute approximate surface area is 130 Å². The number of pyridine rings is 1. The van der Waals surface area contributed by atoms with Gasteiger partial charge >= 0.3 is 0 Å². The number of methoxy groups -OCH3 is 1. The molecule has 1 N–H and O–H groups in total. The Morgan fingerprint density at radius 1 is 1.52 bits per heavy atom. The molecule has 1 fully saturated rings. The quantitative estimate of drug-likeness (QED) is 0.908. The van der Waals surface area contributed by atoms with Crippen molar-refractivity contribution in [3.63, 3.8) is 0 Å². The van der Waals surface area contributed by atoms with Gasteiger partial charge in [-0.25, -0.2) is 4.98 Å². The van der Waals surface area contributed by atoms with E-state index in [-0.39, 0.29) is 5.91 Å². The molecule has 5 nitrogen and oxygen atoms in total. The number of aromatic nitrogens is 1. The van der Waals surface area contributed by atoms with E-state index in [1.54, 1.807) is 19.4 Å². The number of carbonyl (C=O) groups excluding carboxylic acids is 1. The molecule has 1 amide bonds. The van der Waals surface area contributed by atoms with Gasteiger partial charge in [0, 0.05) is 39.5 Å². The normalized spacial score (nSPS) is 16.0. The van der Waals surface area contributed by atoms with Gasteiger partial charge in [0.2, 0.25) is 0 Å². The third-order valence-corrected chi connectivity index (χ3v) is 4.02. The molecule has 116 valence electrons. The number of halogens is 1. The van der Waals surface area contributed by atoms with Crippen molar-refractivity contribution in [2.24, 2.45) is 5.92 Å². The van der Waals surface area contributed by atoms with Crippen LogP contribution in [0.25, 0.3) is 0 Å². The Kier molecular flexibility index (Phi) is 5.82. The highest BCUT2D eigenvalue weighted by atomic mass is 35.5. The molecule has 6 heteroatoms. The number of amides is 1. The molecule has 2 rings (SSSR count). The molecule has 1 aromatic heterocycles. The van der Waals surface area contributed by atoms with E-state index in [9.17, 15) is 4.79 Å². The summed E-state index contributed by atoms with van der Waals surface area (Å²) in [6.45, 7) is 5.01. The van der Waals surface area contributed by atoms with E-state index in [1.807, 2.05) is 11.8 Å². The molecule has 0 aromatic carbocycles. The van der Waals surface area contributed by atoms with E-state index >= 15 is 0 Å². The van der Waals surface area contributed by atoms with Crippen LogP contribution in [0.4, 0.5) is 5.82 Å². The minimum atomic E-state index is 0.00307. The number of hydrogen-bond donors (Lipinski definition) is 1. The van der Waals surface area contributed by atoms with Gasteiger partial charge in [-0.2, -0.15) is 0 Å². The Hall–Kier alpha value is -1.33. The van der Waals surface area contributed by atoms with E-state index in [1.165, 1.54) is 0 Å². The Bertz CT molecular complexity index is 488. The van der Waals surface area contributed by atoms with Crippen LogP contribution in [0, 0.1) is 5.92 Å². The Morgan fingerprint density at radius 3 is 2.81 bits per heavy atom. The highest BCUT2D eigenvalue weighted by molar-refractivity contribution is 6.33. The van der Waals surface area contributed by atoms with E-state index in [0.717, 1.165) is 39.1 Å². The first-order chi connectivity index (χ1) is 10.2. The molecule has 0 unspecified atom stereocenters. The summed E-state index contributed by atoms with van der Waals surface area (Å²) >= 11 is 6.14. The molecule has 0 spiro atoms. The number of anilines is 1. The molecule has 0 atom stereocenters. The van der Waals surface area contributed by atoms with Gasteiger partial charge in [-0.3, -0.25) is 4.79 Å².